The van der Waals surface area contributed by atoms with Crippen LogP contribution in [0.3, 0.4) is 0 Å². The lowest BCUT2D eigenvalue weighted by Gasteiger charge is -2.40. The molecule has 69 heavy (non-hydrogen) atoms. The summed E-state index contributed by atoms with van der Waals surface area (Å²) in [7, 11) is 0. The van der Waals surface area contributed by atoms with Gasteiger partial charge in [-0.3, -0.25) is 9.59 Å². The predicted octanol–water partition coefficient (Wildman–Crippen LogP) is 5.66. The summed E-state index contributed by atoms with van der Waals surface area (Å²) < 4.78 is 40.4. The fourth-order valence-electron chi connectivity index (χ4n) is 9.51. The molecule has 17 nitrogen and oxygen atoms in total. The van der Waals surface area contributed by atoms with Crippen molar-refractivity contribution in [3.05, 3.63) is 23.3 Å². The molecule has 4 heterocycles. The molecule has 0 saturated carbocycles. The smallest absolute Gasteiger partial charge is 0.330 e. The maximum atomic E-state index is 13.2. The number of aliphatic hydroxyl groups is 5. The fraction of sp³-hybridized carbons (Fsp3) is 0.846. The third-order valence-corrected chi connectivity index (χ3v) is 14.4. The Bertz CT molecular complexity index is 1630. The number of ether oxygens (including phenoxy) is 7. The van der Waals surface area contributed by atoms with Crippen LogP contribution in [0.1, 0.15) is 157 Å². The normalized spacial score (nSPS) is 31.0. The van der Waals surface area contributed by atoms with E-state index in [2.05, 4.69) is 0 Å². The molecule has 0 spiro atoms. The number of aliphatic hydroxyl groups excluding tert-OH is 5. The first kappa shape index (κ1) is 58.6. The second-order valence-electron chi connectivity index (χ2n) is 20.5. The maximum Gasteiger partial charge on any atom is 0.330 e. The van der Waals surface area contributed by atoms with Gasteiger partial charge in [0, 0.05) is 48.7 Å². The number of carboxylic acids is 1. The second-order valence-corrected chi connectivity index (χ2v) is 20.5. The van der Waals surface area contributed by atoms with Gasteiger partial charge in [0.05, 0.1) is 81.4 Å². The van der Waals surface area contributed by atoms with Crippen LogP contribution < -0.4 is 0 Å². The summed E-state index contributed by atoms with van der Waals surface area (Å²) in [5.41, 5.74) is 1.33. The van der Waals surface area contributed by atoms with Crippen LogP contribution in [0.15, 0.2) is 23.3 Å². The third-order valence-electron chi connectivity index (χ3n) is 14.4. The minimum atomic E-state index is -1.11. The molecule has 16 atom stereocenters. The van der Waals surface area contributed by atoms with Gasteiger partial charge in [0.15, 0.2) is 6.10 Å². The Balaban J connectivity index is 1.11. The van der Waals surface area contributed by atoms with E-state index in [4.69, 9.17) is 38.3 Å². The van der Waals surface area contributed by atoms with Crippen molar-refractivity contribution < 1.29 is 83.0 Å². The highest BCUT2D eigenvalue weighted by Crippen LogP contribution is 2.40. The predicted molar refractivity (Wildman–Crippen MR) is 254 cm³/mol. The highest BCUT2D eigenvalue weighted by molar-refractivity contribution is 5.83. The SMILES string of the molecule is C/C(=C\C(=O)OCCCCCCCCC(=O)O[C@@H]1[C@H](O)[C@@H](C[C@@H]2O[C@H]2[C@@H](C)[C@H](C)O)CO[C@H]1C/C(C)=C/C(=O)OCCCCCCCCC(=O)O)C[C@@H]1OC[C@H](C[C@@H]2O[C@H]2[C@@H](C)[C@H](C)O)[C@@H](O)[C@H]1O. The van der Waals surface area contributed by atoms with Gasteiger partial charge in [-0.05, 0) is 79.1 Å². The molecule has 4 saturated heterocycles. The van der Waals surface area contributed by atoms with Crippen LogP contribution in [-0.2, 0) is 52.3 Å². The molecule has 0 amide bonds. The van der Waals surface area contributed by atoms with Crippen LogP contribution in [0.25, 0.3) is 0 Å². The number of esters is 3. The number of rotatable bonds is 33. The van der Waals surface area contributed by atoms with E-state index in [1.165, 1.54) is 12.2 Å². The largest absolute Gasteiger partial charge is 0.481 e. The highest BCUT2D eigenvalue weighted by Gasteiger charge is 2.50. The van der Waals surface area contributed by atoms with Gasteiger partial charge in [0.2, 0.25) is 0 Å². The molecule has 0 unspecified atom stereocenters. The Morgan fingerprint density at radius 1 is 0.565 bits per heavy atom. The molecule has 396 valence electrons. The number of carbonyl (C=O) groups excluding carboxylic acids is 3. The van der Waals surface area contributed by atoms with Crippen LogP contribution in [0.5, 0.6) is 0 Å². The van der Waals surface area contributed by atoms with Crippen molar-refractivity contribution >= 4 is 23.9 Å². The summed E-state index contributed by atoms with van der Waals surface area (Å²) in [5, 5.41) is 61.8. The summed E-state index contributed by atoms with van der Waals surface area (Å²) in [6.07, 6.45) is 7.44. The van der Waals surface area contributed by atoms with Crippen molar-refractivity contribution in [3.8, 4) is 0 Å². The third kappa shape index (κ3) is 20.9. The van der Waals surface area contributed by atoms with E-state index in [1.54, 1.807) is 27.7 Å². The Hall–Kier alpha value is -3.00. The minimum absolute atomic E-state index is 0.0176. The van der Waals surface area contributed by atoms with Gasteiger partial charge in [-0.25, -0.2) is 9.59 Å². The molecule has 0 aromatic heterocycles. The van der Waals surface area contributed by atoms with Crippen LogP contribution in [-0.4, -0.2) is 154 Å². The lowest BCUT2D eigenvalue weighted by molar-refractivity contribution is -0.196. The van der Waals surface area contributed by atoms with Crippen molar-refractivity contribution in [2.75, 3.05) is 26.4 Å². The van der Waals surface area contributed by atoms with E-state index in [0.717, 1.165) is 51.4 Å². The van der Waals surface area contributed by atoms with Gasteiger partial charge in [0.1, 0.15) is 12.2 Å². The first-order valence-corrected chi connectivity index (χ1v) is 25.9. The first-order chi connectivity index (χ1) is 32.9. The van der Waals surface area contributed by atoms with E-state index in [0.29, 0.717) is 49.7 Å². The van der Waals surface area contributed by atoms with Gasteiger partial charge in [-0.15, -0.1) is 0 Å². The standard InChI is InChI=1S/C52H86O17/c1-31(23-39-49(62)47(60)37(29-65-39)27-41-50(67-41)33(3)35(5)53)25-45(58)63-21-18-14-10-8-12-16-20-44(57)69-52-40(66-30-38(48(52)61)28-42-51(68-42)34(4)36(6)54)24-32(2)26-46(59)64-22-17-13-9-7-11-15-19-43(55)56/h25-26,33-42,47-54,60-62H,7-24,27-30H2,1-6H3,(H,55,56)/b31-25+,32-26+/t33-,34-,35-,36-,37-,38-,39-,40-,41-,42-,47+,48+,49-,50-,51-,52-/m0/s1. The molecule has 4 rings (SSSR count). The van der Waals surface area contributed by atoms with Crippen LogP contribution in [0.4, 0.5) is 0 Å². The Morgan fingerprint density at radius 2 is 0.986 bits per heavy atom. The van der Waals surface area contributed by atoms with Gasteiger partial charge >= 0.3 is 23.9 Å². The Labute approximate surface area is 409 Å². The molecule has 0 bridgehead atoms. The zero-order valence-corrected chi connectivity index (χ0v) is 42.1. The van der Waals surface area contributed by atoms with E-state index in [-0.39, 0.29) is 100 Å². The van der Waals surface area contributed by atoms with E-state index >= 15 is 0 Å². The minimum Gasteiger partial charge on any atom is -0.481 e. The number of carbonyl (C=O) groups is 4. The summed E-state index contributed by atoms with van der Waals surface area (Å²) >= 11 is 0. The quantitative estimate of drug-likeness (QED) is 0.0152. The first-order valence-electron chi connectivity index (χ1n) is 25.9. The molecule has 4 aliphatic heterocycles. The molecule has 0 aromatic carbocycles. The van der Waals surface area contributed by atoms with Gasteiger partial charge in [-0.1, -0.05) is 76.4 Å². The van der Waals surface area contributed by atoms with Gasteiger partial charge in [-0.2, -0.15) is 0 Å². The molecular formula is C52H86O17. The molecular weight excluding hydrogens is 897 g/mol. The Kier molecular flexibility index (Phi) is 25.6. The lowest BCUT2D eigenvalue weighted by atomic mass is 9.85. The molecule has 0 radical (unpaired) electrons. The van der Waals surface area contributed by atoms with Crippen LogP contribution in [0.2, 0.25) is 0 Å². The van der Waals surface area contributed by atoms with Crippen LogP contribution >= 0.6 is 0 Å². The lowest BCUT2D eigenvalue weighted by Crippen LogP contribution is -2.52. The molecule has 0 aliphatic carbocycles. The van der Waals surface area contributed by atoms with Gasteiger partial charge in [0.25, 0.3) is 0 Å². The molecule has 4 aliphatic rings. The maximum absolute atomic E-state index is 13.2. The molecule has 17 heteroatoms. The topological polar surface area (TPSA) is 261 Å². The molecule has 6 N–H and O–H groups in total. The number of hydrogen-bond donors (Lipinski definition) is 6. The van der Waals surface area contributed by atoms with Crippen molar-refractivity contribution in [1.29, 1.82) is 0 Å². The molecule has 0 aromatic rings. The molecule has 4 fully saturated rings. The average molecular weight is 983 g/mol. The summed E-state index contributed by atoms with van der Waals surface area (Å²) in [4.78, 5) is 48.9. The van der Waals surface area contributed by atoms with Crippen molar-refractivity contribution in [2.45, 2.75) is 230 Å². The highest BCUT2D eigenvalue weighted by atomic mass is 16.6. The number of hydrogen-bond acceptors (Lipinski definition) is 16. The summed E-state index contributed by atoms with van der Waals surface area (Å²) in [6, 6.07) is 0. The van der Waals surface area contributed by atoms with Crippen LogP contribution in [0, 0.1) is 23.7 Å². The zero-order valence-electron chi connectivity index (χ0n) is 42.1. The number of aliphatic carboxylic acids is 1. The summed E-state index contributed by atoms with van der Waals surface area (Å²) in [5.74, 6) is -2.92. The van der Waals surface area contributed by atoms with Gasteiger partial charge < -0.3 is 63.8 Å². The second kappa shape index (κ2) is 30.1. The van der Waals surface area contributed by atoms with Crippen molar-refractivity contribution in [2.24, 2.45) is 23.7 Å². The number of unbranched alkanes of at least 4 members (excludes halogenated alkanes) is 10. The van der Waals surface area contributed by atoms with E-state index in [9.17, 15) is 44.7 Å². The Morgan fingerprint density at radius 3 is 1.46 bits per heavy atom. The summed E-state index contributed by atoms with van der Waals surface area (Å²) in [6.45, 7) is 11.8. The number of carboxylic acid groups (broad SMARTS) is 1. The fourth-order valence-corrected chi connectivity index (χ4v) is 9.51. The monoisotopic (exact) mass is 983 g/mol. The van der Waals surface area contributed by atoms with Crippen molar-refractivity contribution in [3.63, 3.8) is 0 Å². The zero-order chi connectivity index (χ0) is 50.6. The van der Waals surface area contributed by atoms with E-state index in [1.807, 2.05) is 13.8 Å². The average Bonchev–Trinajstić information content (AvgIpc) is 4.23. The van der Waals surface area contributed by atoms with E-state index < -0.39 is 72.7 Å². The van der Waals surface area contributed by atoms with Crippen molar-refractivity contribution in [1.82, 2.24) is 0 Å². The number of epoxide rings is 2.